The molecule has 0 aliphatic rings. The molecule has 1 atom stereocenters. The molecule has 0 aromatic heterocycles. The topological polar surface area (TPSA) is 29.3 Å². The highest BCUT2D eigenvalue weighted by Crippen LogP contribution is 2.30. The molecule has 2 nitrogen and oxygen atoms in total. The average molecular weight is 307 g/mol. The molecule has 0 spiro atoms. The summed E-state index contributed by atoms with van der Waals surface area (Å²) < 4.78 is 14.3. The van der Waals surface area contributed by atoms with E-state index in [2.05, 4.69) is 4.90 Å². The summed E-state index contributed by atoms with van der Waals surface area (Å²) in [7, 11) is 0. The Morgan fingerprint density at radius 1 is 1.19 bits per heavy atom. The first-order chi connectivity index (χ1) is 10.1. The summed E-state index contributed by atoms with van der Waals surface area (Å²) in [5.74, 6) is -0.389. The molecule has 0 heterocycles. The van der Waals surface area contributed by atoms with E-state index in [0.29, 0.717) is 12.1 Å². The van der Waals surface area contributed by atoms with E-state index in [-0.39, 0.29) is 16.9 Å². The summed E-state index contributed by atoms with van der Waals surface area (Å²) in [6.45, 7) is 5.12. The second-order valence-corrected chi connectivity index (χ2v) is 5.42. The van der Waals surface area contributed by atoms with E-state index >= 15 is 0 Å². The average Bonchev–Trinajstić information content (AvgIpc) is 2.49. The Bertz CT molecular complexity index is 598. The van der Waals surface area contributed by atoms with Crippen molar-refractivity contribution < 1.29 is 4.39 Å². The normalized spacial score (nSPS) is 12.2. The predicted octanol–water partition coefficient (Wildman–Crippen LogP) is 4.31. The van der Waals surface area contributed by atoms with Gasteiger partial charge in [-0.1, -0.05) is 41.4 Å². The molecule has 1 unspecified atom stereocenters. The zero-order chi connectivity index (χ0) is 15.4. The van der Waals surface area contributed by atoms with Crippen molar-refractivity contribution in [3.05, 3.63) is 64.4 Å². The van der Waals surface area contributed by atoms with Crippen LogP contribution in [0.15, 0.2) is 42.5 Å². The Hall–Kier alpha value is -1.58. The molecular weight excluding hydrogens is 287 g/mol. The van der Waals surface area contributed by atoms with Gasteiger partial charge in [0.1, 0.15) is 5.82 Å². The van der Waals surface area contributed by atoms with E-state index < -0.39 is 0 Å². The van der Waals surface area contributed by atoms with Gasteiger partial charge in [-0.3, -0.25) is 0 Å². The minimum Gasteiger partial charge on any atom is -0.363 e. The van der Waals surface area contributed by atoms with Gasteiger partial charge in [-0.2, -0.15) is 0 Å². The third kappa shape index (κ3) is 3.36. The van der Waals surface area contributed by atoms with E-state index in [9.17, 15) is 4.39 Å². The van der Waals surface area contributed by atoms with Crippen molar-refractivity contribution >= 4 is 17.3 Å². The molecule has 0 aliphatic heterocycles. The number of hydrogen-bond donors (Lipinski definition) is 1. The molecule has 0 amide bonds. The lowest BCUT2D eigenvalue weighted by Crippen LogP contribution is -2.34. The first kappa shape index (κ1) is 15.8. The number of nitrogens with two attached hydrogens (primary N) is 1. The Kier molecular flexibility index (Phi) is 5.21. The van der Waals surface area contributed by atoms with Gasteiger partial charge in [0.2, 0.25) is 0 Å². The monoisotopic (exact) mass is 306 g/mol. The van der Waals surface area contributed by atoms with Crippen molar-refractivity contribution in [3.63, 3.8) is 0 Å². The maximum Gasteiger partial charge on any atom is 0.147 e. The molecule has 2 aromatic carbocycles. The van der Waals surface area contributed by atoms with Crippen LogP contribution in [0, 0.1) is 12.7 Å². The lowest BCUT2D eigenvalue weighted by Gasteiger charge is -2.32. The molecular formula is C17H20ClFN2. The van der Waals surface area contributed by atoms with E-state index in [4.69, 9.17) is 17.3 Å². The van der Waals surface area contributed by atoms with Gasteiger partial charge in [-0.05, 0) is 32.0 Å². The standard InChI is InChI=1S/C17H20ClFN2/c1-3-21(13-9-7-12(2)8-10-13)16(11-20)14-5-4-6-15(18)17(14)19/h4-10,16H,3,11,20H2,1-2H3. The Balaban J connectivity index is 2.42. The van der Waals surface area contributed by atoms with Crippen molar-refractivity contribution in [2.75, 3.05) is 18.0 Å². The number of likely N-dealkylation sites (N-methyl/N-ethyl adjacent to an activating group) is 1. The quantitative estimate of drug-likeness (QED) is 0.891. The van der Waals surface area contributed by atoms with E-state index in [1.165, 1.54) is 5.56 Å². The fraction of sp³-hybridized carbons (Fsp3) is 0.294. The van der Waals surface area contributed by atoms with E-state index in [0.717, 1.165) is 12.2 Å². The van der Waals surface area contributed by atoms with Crippen molar-refractivity contribution in [1.82, 2.24) is 0 Å². The molecule has 2 rings (SSSR count). The second kappa shape index (κ2) is 6.92. The van der Waals surface area contributed by atoms with Crippen molar-refractivity contribution in [2.24, 2.45) is 5.73 Å². The molecule has 2 N–H and O–H groups in total. The van der Waals surface area contributed by atoms with Gasteiger partial charge in [-0.25, -0.2) is 4.39 Å². The highest BCUT2D eigenvalue weighted by Gasteiger charge is 2.22. The molecule has 21 heavy (non-hydrogen) atoms. The van der Waals surface area contributed by atoms with Crippen LogP contribution in [0.3, 0.4) is 0 Å². The van der Waals surface area contributed by atoms with Crippen molar-refractivity contribution in [2.45, 2.75) is 19.9 Å². The number of nitrogens with zero attached hydrogens (tertiary/aromatic N) is 1. The molecule has 0 aliphatic carbocycles. The maximum absolute atomic E-state index is 14.3. The second-order valence-electron chi connectivity index (χ2n) is 5.02. The Labute approximate surface area is 130 Å². The maximum atomic E-state index is 14.3. The molecule has 0 bridgehead atoms. The number of rotatable bonds is 5. The van der Waals surface area contributed by atoms with Crippen molar-refractivity contribution in [3.8, 4) is 0 Å². The highest BCUT2D eigenvalue weighted by atomic mass is 35.5. The number of anilines is 1. The first-order valence-electron chi connectivity index (χ1n) is 7.05. The van der Waals surface area contributed by atoms with Gasteiger partial charge < -0.3 is 10.6 Å². The summed E-state index contributed by atoms with van der Waals surface area (Å²) in [6, 6.07) is 13.0. The molecule has 2 aromatic rings. The lowest BCUT2D eigenvalue weighted by molar-refractivity contribution is 0.562. The number of halogens is 2. The fourth-order valence-electron chi connectivity index (χ4n) is 2.52. The van der Waals surface area contributed by atoms with Crippen LogP contribution in [0.2, 0.25) is 5.02 Å². The van der Waals surface area contributed by atoms with Crippen LogP contribution in [0.25, 0.3) is 0 Å². The fourth-order valence-corrected chi connectivity index (χ4v) is 2.70. The first-order valence-corrected chi connectivity index (χ1v) is 7.43. The van der Waals surface area contributed by atoms with Gasteiger partial charge in [0.15, 0.2) is 0 Å². The molecule has 0 fully saturated rings. The Morgan fingerprint density at radius 2 is 1.86 bits per heavy atom. The Morgan fingerprint density at radius 3 is 2.43 bits per heavy atom. The van der Waals surface area contributed by atoms with Crippen LogP contribution < -0.4 is 10.6 Å². The van der Waals surface area contributed by atoms with Crippen LogP contribution in [-0.2, 0) is 0 Å². The summed E-state index contributed by atoms with van der Waals surface area (Å²) in [5, 5.41) is 0.130. The van der Waals surface area contributed by atoms with Crippen LogP contribution in [0.5, 0.6) is 0 Å². The van der Waals surface area contributed by atoms with Gasteiger partial charge in [0.05, 0.1) is 11.1 Å². The van der Waals surface area contributed by atoms with Crippen LogP contribution in [-0.4, -0.2) is 13.1 Å². The number of benzene rings is 2. The molecule has 0 radical (unpaired) electrons. The number of hydrogen-bond acceptors (Lipinski definition) is 2. The highest BCUT2D eigenvalue weighted by molar-refractivity contribution is 6.30. The van der Waals surface area contributed by atoms with Crippen molar-refractivity contribution in [1.29, 1.82) is 0 Å². The summed E-state index contributed by atoms with van der Waals surface area (Å²) in [5.41, 5.74) is 8.66. The van der Waals surface area contributed by atoms with Crippen LogP contribution >= 0.6 is 11.6 Å². The minimum atomic E-state index is -0.389. The summed E-state index contributed by atoms with van der Waals surface area (Å²) in [6.07, 6.45) is 0. The van der Waals surface area contributed by atoms with Gasteiger partial charge >= 0.3 is 0 Å². The molecule has 4 heteroatoms. The molecule has 0 saturated carbocycles. The van der Waals surface area contributed by atoms with E-state index in [1.54, 1.807) is 18.2 Å². The van der Waals surface area contributed by atoms with Gasteiger partial charge in [0, 0.05) is 24.3 Å². The largest absolute Gasteiger partial charge is 0.363 e. The van der Waals surface area contributed by atoms with Crippen LogP contribution in [0.4, 0.5) is 10.1 Å². The zero-order valence-electron chi connectivity index (χ0n) is 12.3. The lowest BCUT2D eigenvalue weighted by atomic mass is 10.0. The number of aryl methyl sites for hydroxylation is 1. The SMILES string of the molecule is CCN(c1ccc(C)cc1)C(CN)c1cccc(Cl)c1F. The minimum absolute atomic E-state index is 0.130. The molecule has 112 valence electrons. The smallest absolute Gasteiger partial charge is 0.147 e. The van der Waals surface area contributed by atoms with Crippen LogP contribution in [0.1, 0.15) is 24.1 Å². The van der Waals surface area contributed by atoms with E-state index in [1.807, 2.05) is 38.1 Å². The summed E-state index contributed by atoms with van der Waals surface area (Å²) in [4.78, 5) is 2.09. The summed E-state index contributed by atoms with van der Waals surface area (Å²) >= 11 is 5.90. The third-order valence-electron chi connectivity index (χ3n) is 3.65. The zero-order valence-corrected chi connectivity index (χ0v) is 13.1. The van der Waals surface area contributed by atoms with Gasteiger partial charge in [-0.15, -0.1) is 0 Å². The predicted molar refractivity (Wildman–Crippen MR) is 87.4 cm³/mol. The third-order valence-corrected chi connectivity index (χ3v) is 3.94. The molecule has 0 saturated heterocycles. The van der Waals surface area contributed by atoms with Gasteiger partial charge in [0.25, 0.3) is 0 Å².